The predicted octanol–water partition coefficient (Wildman–Crippen LogP) is 6.16. The molecular weight excluding hydrogens is 531 g/mol. The van der Waals surface area contributed by atoms with E-state index in [-0.39, 0.29) is 23.5 Å². The van der Waals surface area contributed by atoms with Crippen LogP contribution in [0.3, 0.4) is 0 Å². The van der Waals surface area contributed by atoms with E-state index in [1.807, 2.05) is 98.8 Å². The van der Waals surface area contributed by atoms with E-state index in [1.54, 1.807) is 12.1 Å². The van der Waals surface area contributed by atoms with Crippen LogP contribution in [-0.4, -0.2) is 19.6 Å². The van der Waals surface area contributed by atoms with E-state index in [2.05, 4.69) is 10.2 Å². The number of hydrogen-bond donors (Lipinski definition) is 2. The van der Waals surface area contributed by atoms with Gasteiger partial charge < -0.3 is 4.74 Å². The van der Waals surface area contributed by atoms with Crippen molar-refractivity contribution in [1.29, 1.82) is 0 Å². The van der Waals surface area contributed by atoms with Crippen molar-refractivity contribution >= 4 is 0 Å². The molecule has 2 heterocycles. The Morgan fingerprint density at radius 3 is 1.67 bits per heavy atom. The van der Waals surface area contributed by atoms with E-state index >= 15 is 0 Å². The molecule has 0 saturated carbocycles. The zero-order valence-corrected chi connectivity index (χ0v) is 23.2. The standard InChI is InChI=1S/C34H29FN4O3/c1-22-30(33(40)38(36-22)26-11-5-3-6-12-26)32(31-23(2)37-39(34(31)41)27-13-7-4-8-14-27)28-15-9-10-16-29(28)42-21-24-17-19-25(35)20-18-24/h3-20,32,36-37H,21H2,1-2H3. The van der Waals surface area contributed by atoms with Crippen LogP contribution in [0.15, 0.2) is 119 Å². The Labute approximate surface area is 241 Å². The molecule has 7 nitrogen and oxygen atoms in total. The lowest BCUT2D eigenvalue weighted by Crippen LogP contribution is -2.25. The zero-order chi connectivity index (χ0) is 29.2. The Hall–Kier alpha value is -5.37. The maximum Gasteiger partial charge on any atom is 0.275 e. The first kappa shape index (κ1) is 26.8. The number of hydrogen-bond acceptors (Lipinski definition) is 3. The first-order valence-corrected chi connectivity index (χ1v) is 13.6. The number of nitrogens with one attached hydrogen (secondary N) is 2. The van der Waals surface area contributed by atoms with Gasteiger partial charge in [-0.15, -0.1) is 0 Å². The van der Waals surface area contributed by atoms with Crippen LogP contribution in [0.25, 0.3) is 11.4 Å². The second-order valence-corrected chi connectivity index (χ2v) is 10.1. The SMILES string of the molecule is Cc1[nH]n(-c2ccccc2)c(=O)c1C(c1ccccc1OCc1ccc(F)cc1)c1c(C)[nH]n(-c2ccccc2)c1=O. The fraction of sp³-hybridized carbons (Fsp3) is 0.118. The van der Waals surface area contributed by atoms with Crippen LogP contribution in [0.1, 0.15) is 39.6 Å². The van der Waals surface area contributed by atoms with Gasteiger partial charge in [0.05, 0.1) is 28.4 Å². The molecule has 0 aliphatic carbocycles. The molecule has 210 valence electrons. The van der Waals surface area contributed by atoms with Crippen molar-refractivity contribution in [2.45, 2.75) is 26.4 Å². The maximum absolute atomic E-state index is 14.1. The van der Waals surface area contributed by atoms with E-state index < -0.39 is 5.92 Å². The van der Waals surface area contributed by atoms with Crippen LogP contribution in [-0.2, 0) is 6.61 Å². The normalized spacial score (nSPS) is 11.2. The third-order valence-electron chi connectivity index (χ3n) is 7.38. The van der Waals surface area contributed by atoms with Crippen molar-refractivity contribution in [1.82, 2.24) is 19.6 Å². The molecule has 0 radical (unpaired) electrons. The van der Waals surface area contributed by atoms with Crippen LogP contribution >= 0.6 is 0 Å². The molecule has 0 unspecified atom stereocenters. The number of H-pyrrole nitrogens is 2. The van der Waals surface area contributed by atoms with Gasteiger partial charge in [-0.3, -0.25) is 19.8 Å². The summed E-state index contributed by atoms with van der Waals surface area (Å²) in [5.41, 5.74) is 4.45. The summed E-state index contributed by atoms with van der Waals surface area (Å²) in [7, 11) is 0. The van der Waals surface area contributed by atoms with Gasteiger partial charge in [-0.1, -0.05) is 66.7 Å². The van der Waals surface area contributed by atoms with E-state index in [4.69, 9.17) is 4.74 Å². The molecule has 2 aromatic heterocycles. The molecule has 2 N–H and O–H groups in total. The quantitative estimate of drug-likeness (QED) is 0.234. The molecule has 0 fully saturated rings. The summed E-state index contributed by atoms with van der Waals surface area (Å²) in [6.45, 7) is 3.86. The van der Waals surface area contributed by atoms with Crippen LogP contribution in [0.5, 0.6) is 5.75 Å². The van der Waals surface area contributed by atoms with Gasteiger partial charge in [0.15, 0.2) is 0 Å². The minimum atomic E-state index is -0.753. The highest BCUT2D eigenvalue weighted by molar-refractivity contribution is 5.52. The number of halogens is 1. The number of rotatable bonds is 8. The number of benzene rings is 4. The Morgan fingerprint density at radius 2 is 1.14 bits per heavy atom. The van der Waals surface area contributed by atoms with Crippen LogP contribution in [0.2, 0.25) is 0 Å². The van der Waals surface area contributed by atoms with Gasteiger partial charge in [0.25, 0.3) is 11.1 Å². The molecule has 6 aromatic rings. The van der Waals surface area contributed by atoms with E-state index in [9.17, 15) is 14.0 Å². The van der Waals surface area contributed by atoms with Gasteiger partial charge in [0.2, 0.25) is 0 Å². The molecule has 6 rings (SSSR count). The smallest absolute Gasteiger partial charge is 0.275 e. The average Bonchev–Trinajstić information content (AvgIpc) is 3.48. The second-order valence-electron chi connectivity index (χ2n) is 10.1. The highest BCUT2D eigenvalue weighted by Gasteiger charge is 2.32. The summed E-state index contributed by atoms with van der Waals surface area (Å²) < 4.78 is 22.7. The molecular formula is C34H29FN4O3. The minimum absolute atomic E-state index is 0.185. The lowest BCUT2D eigenvalue weighted by Gasteiger charge is -2.20. The molecule has 4 aromatic carbocycles. The summed E-state index contributed by atoms with van der Waals surface area (Å²) in [6.07, 6.45) is 0. The van der Waals surface area contributed by atoms with Crippen LogP contribution < -0.4 is 15.9 Å². The van der Waals surface area contributed by atoms with Crippen molar-refractivity contribution in [2.75, 3.05) is 0 Å². The van der Waals surface area contributed by atoms with Crippen molar-refractivity contribution in [3.63, 3.8) is 0 Å². The Bertz CT molecular complexity index is 1850. The van der Waals surface area contributed by atoms with Gasteiger partial charge in [-0.25, -0.2) is 13.8 Å². The highest BCUT2D eigenvalue weighted by atomic mass is 19.1. The fourth-order valence-electron chi connectivity index (χ4n) is 5.36. The van der Waals surface area contributed by atoms with Gasteiger partial charge in [0.1, 0.15) is 18.2 Å². The lowest BCUT2D eigenvalue weighted by atomic mass is 9.84. The third-order valence-corrected chi connectivity index (χ3v) is 7.38. The van der Waals surface area contributed by atoms with Crippen molar-refractivity contribution in [3.8, 4) is 17.1 Å². The van der Waals surface area contributed by atoms with Gasteiger partial charge >= 0.3 is 0 Å². The largest absolute Gasteiger partial charge is 0.489 e. The van der Waals surface area contributed by atoms with Crippen molar-refractivity contribution in [3.05, 3.63) is 169 Å². The second kappa shape index (κ2) is 11.2. The number of aromatic nitrogens is 4. The van der Waals surface area contributed by atoms with Crippen LogP contribution in [0, 0.1) is 19.7 Å². The minimum Gasteiger partial charge on any atom is -0.489 e. The molecule has 0 amide bonds. The van der Waals surface area contributed by atoms with E-state index in [0.29, 0.717) is 45.2 Å². The first-order chi connectivity index (χ1) is 20.4. The van der Waals surface area contributed by atoms with Gasteiger partial charge in [0, 0.05) is 17.0 Å². The predicted molar refractivity (Wildman–Crippen MR) is 160 cm³/mol. The van der Waals surface area contributed by atoms with Gasteiger partial charge in [-0.05, 0) is 61.9 Å². The number of nitrogens with zero attached hydrogens (tertiary/aromatic N) is 2. The zero-order valence-electron chi connectivity index (χ0n) is 23.2. The molecule has 0 spiro atoms. The summed E-state index contributed by atoms with van der Waals surface area (Å²) >= 11 is 0. The molecule has 0 aliphatic heterocycles. The highest BCUT2D eigenvalue weighted by Crippen LogP contribution is 2.37. The number of ether oxygens (including phenoxy) is 1. The fourth-order valence-corrected chi connectivity index (χ4v) is 5.36. The summed E-state index contributed by atoms with van der Waals surface area (Å²) in [5.74, 6) is -0.560. The molecule has 0 saturated heterocycles. The monoisotopic (exact) mass is 560 g/mol. The molecule has 0 bridgehead atoms. The van der Waals surface area contributed by atoms with Crippen molar-refractivity contribution in [2.24, 2.45) is 0 Å². The lowest BCUT2D eigenvalue weighted by molar-refractivity contribution is 0.302. The maximum atomic E-state index is 14.1. The number of aryl methyl sites for hydroxylation is 2. The van der Waals surface area contributed by atoms with Crippen molar-refractivity contribution < 1.29 is 9.13 Å². The van der Waals surface area contributed by atoms with E-state index in [1.165, 1.54) is 21.5 Å². The number of aromatic amines is 2. The molecule has 0 aliphatic rings. The molecule has 42 heavy (non-hydrogen) atoms. The summed E-state index contributed by atoms with van der Waals surface area (Å²) in [6, 6.07) is 32.1. The number of para-hydroxylation sites is 3. The van der Waals surface area contributed by atoms with Gasteiger partial charge in [-0.2, -0.15) is 0 Å². The van der Waals surface area contributed by atoms with E-state index in [0.717, 1.165) is 5.56 Å². The Balaban J connectivity index is 1.54. The van der Waals surface area contributed by atoms with Crippen LogP contribution in [0.4, 0.5) is 4.39 Å². The topological polar surface area (TPSA) is 84.8 Å². The third kappa shape index (κ3) is 4.99. The summed E-state index contributed by atoms with van der Waals surface area (Å²) in [5, 5.41) is 6.44. The summed E-state index contributed by atoms with van der Waals surface area (Å²) in [4.78, 5) is 28.3. The Kier molecular flexibility index (Phi) is 7.19. The first-order valence-electron chi connectivity index (χ1n) is 13.6. The Morgan fingerprint density at radius 1 is 0.667 bits per heavy atom. The molecule has 8 heteroatoms. The average molecular weight is 561 g/mol. The molecule has 0 atom stereocenters.